The molecule has 0 bridgehead atoms. The number of carbonyl (C=O) groups excluding carboxylic acids is 2. The van der Waals surface area contributed by atoms with Crippen LogP contribution in [-0.2, 0) is 20.7 Å². The number of halogens is 2. The summed E-state index contributed by atoms with van der Waals surface area (Å²) in [7, 11) is 3.13. The summed E-state index contributed by atoms with van der Waals surface area (Å²) in [5.41, 5.74) is 0.0465. The van der Waals surface area contributed by atoms with Crippen LogP contribution in [0.2, 0.25) is 0 Å². The lowest BCUT2D eigenvalue weighted by atomic mass is 10.1. The van der Waals surface area contributed by atoms with Gasteiger partial charge in [-0.3, -0.25) is 9.59 Å². The quantitative estimate of drug-likeness (QED) is 0.546. The maximum Gasteiger partial charge on any atom is 0.315 e. The highest BCUT2D eigenvalue weighted by molar-refractivity contribution is 6.53. The summed E-state index contributed by atoms with van der Waals surface area (Å²) in [5.74, 6) is 0.328. The van der Waals surface area contributed by atoms with Crippen LogP contribution in [0.3, 0.4) is 0 Å². The lowest BCUT2D eigenvalue weighted by Crippen LogP contribution is -2.32. The molecule has 0 aromatic heterocycles. The average molecular weight is 390 g/mol. The molecule has 0 spiro atoms. The Morgan fingerprint density at radius 2 is 1.84 bits per heavy atom. The van der Waals surface area contributed by atoms with Gasteiger partial charge in [0.2, 0.25) is 0 Å². The number of hydrogen-bond donors (Lipinski definition) is 1. The van der Waals surface area contributed by atoms with Crippen LogP contribution in [0.15, 0.2) is 18.2 Å². The van der Waals surface area contributed by atoms with Gasteiger partial charge in [0.15, 0.2) is 18.1 Å². The molecule has 1 aliphatic rings. The molecular formula is C17H21Cl2NO5. The van der Waals surface area contributed by atoms with Gasteiger partial charge >= 0.3 is 5.97 Å². The fraction of sp³-hybridized carbons (Fsp3) is 0.529. The van der Waals surface area contributed by atoms with E-state index in [1.165, 1.54) is 0 Å². The number of carbonyl (C=O) groups is 2. The third kappa shape index (κ3) is 4.50. The Morgan fingerprint density at radius 3 is 2.40 bits per heavy atom. The number of benzene rings is 1. The Balaban J connectivity index is 1.73. The highest BCUT2D eigenvalue weighted by atomic mass is 35.5. The Hall–Kier alpha value is -1.66. The van der Waals surface area contributed by atoms with Gasteiger partial charge in [0.25, 0.3) is 5.91 Å². The molecule has 8 heteroatoms. The predicted molar refractivity (Wildman–Crippen MR) is 94.4 cm³/mol. The molecule has 0 aliphatic heterocycles. The monoisotopic (exact) mass is 389 g/mol. The van der Waals surface area contributed by atoms with E-state index in [9.17, 15) is 9.59 Å². The van der Waals surface area contributed by atoms with Crippen molar-refractivity contribution in [1.29, 1.82) is 0 Å². The zero-order valence-corrected chi connectivity index (χ0v) is 15.9. The van der Waals surface area contributed by atoms with Gasteiger partial charge in [0, 0.05) is 13.0 Å². The summed E-state index contributed by atoms with van der Waals surface area (Å²) >= 11 is 11.8. The first-order valence-corrected chi connectivity index (χ1v) is 8.52. The smallest absolute Gasteiger partial charge is 0.315 e. The van der Waals surface area contributed by atoms with E-state index in [1.807, 2.05) is 12.1 Å². The Morgan fingerprint density at radius 1 is 1.20 bits per heavy atom. The first kappa shape index (κ1) is 19.7. The number of methoxy groups -OCH3 is 2. The van der Waals surface area contributed by atoms with E-state index < -0.39 is 15.7 Å². The summed E-state index contributed by atoms with van der Waals surface area (Å²) in [6, 6.07) is 5.54. The third-order valence-corrected chi connectivity index (χ3v) is 5.33. The number of alkyl halides is 2. The molecule has 1 aromatic carbocycles. The van der Waals surface area contributed by atoms with Crippen LogP contribution in [0.4, 0.5) is 0 Å². The lowest BCUT2D eigenvalue weighted by molar-refractivity contribution is -0.153. The molecule has 25 heavy (non-hydrogen) atoms. The van der Waals surface area contributed by atoms with E-state index in [-0.39, 0.29) is 12.5 Å². The Kier molecular flexibility index (Phi) is 6.06. The minimum Gasteiger partial charge on any atom is -0.493 e. The van der Waals surface area contributed by atoms with Gasteiger partial charge in [-0.2, -0.15) is 0 Å². The van der Waals surface area contributed by atoms with E-state index >= 15 is 0 Å². The number of ether oxygens (including phenoxy) is 3. The molecule has 1 atom stereocenters. The zero-order chi connectivity index (χ0) is 18.7. The topological polar surface area (TPSA) is 73.9 Å². The molecule has 1 saturated carbocycles. The van der Waals surface area contributed by atoms with Crippen LogP contribution in [0, 0.1) is 5.41 Å². The molecule has 1 N–H and O–H groups in total. The molecule has 0 radical (unpaired) electrons. The highest BCUT2D eigenvalue weighted by Crippen LogP contribution is 2.64. The fourth-order valence-electron chi connectivity index (χ4n) is 2.35. The SMILES string of the molecule is COc1ccc(CCNC(=O)COC(=O)[C@@]2(C)CC2(Cl)Cl)cc1OC. The second kappa shape index (κ2) is 7.70. The second-order valence-corrected chi connectivity index (χ2v) is 7.56. The van der Waals surface area contributed by atoms with E-state index in [2.05, 4.69) is 5.32 Å². The van der Waals surface area contributed by atoms with Gasteiger partial charge < -0.3 is 19.5 Å². The molecule has 0 unspecified atom stereocenters. The van der Waals surface area contributed by atoms with Gasteiger partial charge in [-0.25, -0.2) is 0 Å². The zero-order valence-electron chi connectivity index (χ0n) is 14.4. The average Bonchev–Trinajstić information content (AvgIpc) is 3.11. The maximum absolute atomic E-state index is 11.9. The number of amides is 1. The molecule has 1 aromatic rings. The van der Waals surface area contributed by atoms with Gasteiger partial charge in [0.05, 0.1) is 14.2 Å². The summed E-state index contributed by atoms with van der Waals surface area (Å²) in [6.07, 6.45) is 0.924. The van der Waals surface area contributed by atoms with E-state index in [0.717, 1.165) is 5.56 Å². The molecule has 1 fully saturated rings. The lowest BCUT2D eigenvalue weighted by Gasteiger charge is -2.12. The third-order valence-electron chi connectivity index (χ3n) is 4.23. The molecule has 2 rings (SSSR count). The van der Waals surface area contributed by atoms with Crippen molar-refractivity contribution >= 4 is 35.1 Å². The van der Waals surface area contributed by atoms with Crippen molar-refractivity contribution in [3.05, 3.63) is 23.8 Å². The van der Waals surface area contributed by atoms with Crippen LogP contribution in [0.5, 0.6) is 11.5 Å². The van der Waals surface area contributed by atoms with Gasteiger partial charge in [-0.05, 0) is 31.0 Å². The second-order valence-electron chi connectivity index (χ2n) is 6.08. The Labute approximate surface area is 156 Å². The Bertz CT molecular complexity index is 664. The molecule has 138 valence electrons. The number of esters is 1. The predicted octanol–water partition coefficient (Wildman–Crippen LogP) is 2.49. The summed E-state index contributed by atoms with van der Waals surface area (Å²) in [6.45, 7) is 1.66. The number of rotatable bonds is 8. The van der Waals surface area contributed by atoms with Crippen LogP contribution in [0.25, 0.3) is 0 Å². The molecule has 6 nitrogen and oxygen atoms in total. The summed E-state index contributed by atoms with van der Waals surface area (Å²) < 4.78 is 14.3. The standard InChI is InChI=1S/C17H21Cl2NO5/c1-16(10-17(16,18)19)15(22)25-9-14(21)20-7-6-11-4-5-12(23-2)13(8-11)24-3/h4-5,8H,6-7,9-10H2,1-3H3,(H,20,21)/t16-/m1/s1. The first-order chi connectivity index (χ1) is 11.7. The van der Waals surface area contributed by atoms with E-state index in [0.29, 0.717) is 30.9 Å². The minimum atomic E-state index is -1.10. The van der Waals surface area contributed by atoms with Crippen molar-refractivity contribution in [3.63, 3.8) is 0 Å². The maximum atomic E-state index is 11.9. The van der Waals surface area contributed by atoms with Crippen molar-refractivity contribution in [2.24, 2.45) is 5.41 Å². The van der Waals surface area contributed by atoms with Crippen molar-refractivity contribution in [2.75, 3.05) is 27.4 Å². The molecule has 1 aliphatic carbocycles. The molecular weight excluding hydrogens is 369 g/mol. The van der Waals surface area contributed by atoms with E-state index in [1.54, 1.807) is 27.2 Å². The van der Waals surface area contributed by atoms with Crippen molar-refractivity contribution < 1.29 is 23.8 Å². The highest BCUT2D eigenvalue weighted by Gasteiger charge is 2.69. The number of hydrogen-bond acceptors (Lipinski definition) is 5. The van der Waals surface area contributed by atoms with Gasteiger partial charge in [-0.15, -0.1) is 23.2 Å². The van der Waals surface area contributed by atoms with Crippen molar-refractivity contribution in [1.82, 2.24) is 5.32 Å². The van der Waals surface area contributed by atoms with Crippen molar-refractivity contribution in [3.8, 4) is 11.5 Å². The largest absolute Gasteiger partial charge is 0.493 e. The summed E-state index contributed by atoms with van der Waals surface area (Å²) in [5, 5.41) is 2.69. The summed E-state index contributed by atoms with van der Waals surface area (Å²) in [4.78, 5) is 23.6. The normalized spacial score (nSPS) is 20.5. The molecule has 0 saturated heterocycles. The minimum absolute atomic E-state index is 0.322. The van der Waals surface area contributed by atoms with E-state index in [4.69, 9.17) is 37.4 Å². The first-order valence-electron chi connectivity index (χ1n) is 7.76. The molecule has 1 amide bonds. The van der Waals surface area contributed by atoms with Crippen LogP contribution >= 0.6 is 23.2 Å². The fourth-order valence-corrected chi connectivity index (χ4v) is 3.03. The van der Waals surface area contributed by atoms with Crippen molar-refractivity contribution in [2.45, 2.75) is 24.1 Å². The number of nitrogens with one attached hydrogen (secondary N) is 1. The van der Waals surface area contributed by atoms with Crippen LogP contribution in [-0.4, -0.2) is 43.6 Å². The van der Waals surface area contributed by atoms with Crippen LogP contribution in [0.1, 0.15) is 18.9 Å². The van der Waals surface area contributed by atoms with Gasteiger partial charge in [-0.1, -0.05) is 6.07 Å². The van der Waals surface area contributed by atoms with Crippen LogP contribution < -0.4 is 14.8 Å². The molecule has 0 heterocycles. The van der Waals surface area contributed by atoms with Gasteiger partial charge in [0.1, 0.15) is 9.75 Å².